The van der Waals surface area contributed by atoms with Gasteiger partial charge in [-0.25, -0.2) is 9.18 Å². The molecule has 0 amide bonds. The average Bonchev–Trinajstić information content (AvgIpc) is 2.30. The average molecular weight is 272 g/mol. The summed E-state index contributed by atoms with van der Waals surface area (Å²) < 4.78 is 13.5. The van der Waals surface area contributed by atoms with E-state index in [0.29, 0.717) is 6.54 Å². The molecule has 0 unspecified atom stereocenters. The van der Waals surface area contributed by atoms with Crippen LogP contribution in [-0.4, -0.2) is 29.1 Å². The van der Waals surface area contributed by atoms with Crippen molar-refractivity contribution in [3.05, 3.63) is 23.5 Å². The highest BCUT2D eigenvalue weighted by molar-refractivity contribution is 7.99. The highest BCUT2D eigenvalue weighted by atomic mass is 32.2. The number of benzene rings is 1. The highest BCUT2D eigenvalue weighted by Crippen LogP contribution is 2.22. The first-order valence-corrected chi connectivity index (χ1v) is 6.85. The van der Waals surface area contributed by atoms with E-state index < -0.39 is 11.8 Å². The largest absolute Gasteiger partial charge is 0.478 e. The Bertz CT molecular complexity index is 427. The molecule has 1 rings (SSSR count). The maximum Gasteiger partial charge on any atom is 0.337 e. The van der Waals surface area contributed by atoms with Crippen LogP contribution in [0.15, 0.2) is 12.1 Å². The molecule has 100 valence electrons. The molecule has 0 aliphatic heterocycles. The van der Waals surface area contributed by atoms with E-state index in [1.165, 1.54) is 6.07 Å². The van der Waals surface area contributed by atoms with E-state index in [1.807, 2.05) is 11.8 Å². The Balaban J connectivity index is 2.65. The van der Waals surface area contributed by atoms with Crippen LogP contribution in [0.25, 0.3) is 0 Å². The van der Waals surface area contributed by atoms with Crippen LogP contribution in [0, 0.1) is 5.82 Å². The molecule has 0 fully saturated rings. The van der Waals surface area contributed by atoms with Gasteiger partial charge in [0.2, 0.25) is 0 Å². The topological polar surface area (TPSA) is 75.3 Å². The van der Waals surface area contributed by atoms with Crippen LogP contribution in [0.4, 0.5) is 15.8 Å². The molecule has 4 nitrogen and oxygen atoms in total. The molecule has 0 spiro atoms. The Morgan fingerprint density at radius 2 is 2.28 bits per heavy atom. The van der Waals surface area contributed by atoms with Crippen LogP contribution in [0.3, 0.4) is 0 Å². The van der Waals surface area contributed by atoms with Gasteiger partial charge in [0, 0.05) is 12.2 Å². The van der Waals surface area contributed by atoms with E-state index in [4.69, 9.17) is 10.8 Å². The Labute approximate surface area is 110 Å². The molecule has 0 saturated heterocycles. The fourth-order valence-corrected chi connectivity index (χ4v) is 2.09. The van der Waals surface area contributed by atoms with Gasteiger partial charge in [0.15, 0.2) is 0 Å². The van der Waals surface area contributed by atoms with Crippen molar-refractivity contribution in [3.63, 3.8) is 0 Å². The second-order valence-electron chi connectivity index (χ2n) is 3.70. The van der Waals surface area contributed by atoms with Crippen molar-refractivity contribution < 1.29 is 14.3 Å². The highest BCUT2D eigenvalue weighted by Gasteiger charge is 2.12. The molecule has 0 aliphatic carbocycles. The third-order valence-corrected chi connectivity index (χ3v) is 3.34. The number of carboxylic acid groups (broad SMARTS) is 1. The van der Waals surface area contributed by atoms with Gasteiger partial charge in [0.05, 0.1) is 11.3 Å². The van der Waals surface area contributed by atoms with Crippen molar-refractivity contribution in [1.29, 1.82) is 0 Å². The normalized spacial score (nSPS) is 10.3. The summed E-state index contributed by atoms with van der Waals surface area (Å²) in [6, 6.07) is 2.27. The number of nitrogens with two attached hydrogens (primary N) is 1. The second-order valence-corrected chi connectivity index (χ2v) is 5.10. The standard InChI is InChI=1S/C12H17FN2O2S/c1-2-18-5-3-4-15-11-6-8(12(16)17)10(14)7-9(11)13/h6-7,15H,2-5,14H2,1H3,(H,16,17). The first-order valence-electron chi connectivity index (χ1n) is 5.70. The van der Waals surface area contributed by atoms with Gasteiger partial charge >= 0.3 is 5.97 Å². The van der Waals surface area contributed by atoms with Gasteiger partial charge in [-0.1, -0.05) is 6.92 Å². The zero-order chi connectivity index (χ0) is 13.5. The molecule has 18 heavy (non-hydrogen) atoms. The Morgan fingerprint density at radius 3 is 2.89 bits per heavy atom. The molecule has 1 aromatic rings. The third-order valence-electron chi connectivity index (χ3n) is 2.35. The molecule has 0 bridgehead atoms. The second kappa shape index (κ2) is 7.10. The van der Waals surface area contributed by atoms with Crippen molar-refractivity contribution in [3.8, 4) is 0 Å². The van der Waals surface area contributed by atoms with Crippen LogP contribution >= 0.6 is 11.8 Å². The van der Waals surface area contributed by atoms with Crippen LogP contribution in [0.2, 0.25) is 0 Å². The van der Waals surface area contributed by atoms with E-state index in [0.717, 1.165) is 24.0 Å². The summed E-state index contributed by atoms with van der Waals surface area (Å²) in [7, 11) is 0. The number of carboxylic acids is 1. The van der Waals surface area contributed by atoms with Crippen molar-refractivity contribution in [2.24, 2.45) is 0 Å². The lowest BCUT2D eigenvalue weighted by atomic mass is 10.1. The molecule has 1 aromatic carbocycles. The van der Waals surface area contributed by atoms with Crippen molar-refractivity contribution in [1.82, 2.24) is 0 Å². The lowest BCUT2D eigenvalue weighted by Crippen LogP contribution is -2.08. The van der Waals surface area contributed by atoms with E-state index in [-0.39, 0.29) is 16.9 Å². The number of halogens is 1. The van der Waals surface area contributed by atoms with Gasteiger partial charge in [0.25, 0.3) is 0 Å². The summed E-state index contributed by atoms with van der Waals surface area (Å²) in [5.41, 5.74) is 5.47. The number of aromatic carboxylic acids is 1. The Kier molecular flexibility index (Phi) is 5.77. The molecule has 0 radical (unpaired) electrons. The summed E-state index contributed by atoms with van der Waals surface area (Å²) in [5, 5.41) is 11.8. The summed E-state index contributed by atoms with van der Waals surface area (Å²) in [6.45, 7) is 2.68. The number of nitrogens with one attached hydrogen (secondary N) is 1. The van der Waals surface area contributed by atoms with Gasteiger partial charge in [-0.05, 0) is 30.1 Å². The lowest BCUT2D eigenvalue weighted by molar-refractivity contribution is 0.0698. The third kappa shape index (κ3) is 4.10. The SMILES string of the molecule is CCSCCCNc1cc(C(=O)O)c(N)cc1F. The summed E-state index contributed by atoms with van der Waals surface area (Å²) >= 11 is 1.81. The first-order chi connectivity index (χ1) is 8.56. The predicted molar refractivity (Wildman–Crippen MR) is 73.9 cm³/mol. The molecule has 0 aliphatic rings. The fraction of sp³-hybridized carbons (Fsp3) is 0.417. The molecule has 4 N–H and O–H groups in total. The van der Waals surface area contributed by atoms with Crippen molar-refractivity contribution in [2.45, 2.75) is 13.3 Å². The maximum absolute atomic E-state index is 13.5. The number of rotatable bonds is 7. The van der Waals surface area contributed by atoms with Gasteiger partial charge in [0.1, 0.15) is 5.82 Å². The minimum atomic E-state index is -1.16. The number of anilines is 2. The number of carbonyl (C=O) groups is 1. The van der Waals surface area contributed by atoms with Crippen molar-refractivity contribution >= 4 is 29.1 Å². The van der Waals surface area contributed by atoms with Gasteiger partial charge in [-0.3, -0.25) is 0 Å². The van der Waals surface area contributed by atoms with E-state index in [1.54, 1.807) is 0 Å². The molecular formula is C12H17FN2O2S. The zero-order valence-electron chi connectivity index (χ0n) is 10.2. The summed E-state index contributed by atoms with van der Waals surface area (Å²) in [4.78, 5) is 10.9. The van der Waals surface area contributed by atoms with Gasteiger partial charge < -0.3 is 16.2 Å². The summed E-state index contributed by atoms with van der Waals surface area (Å²) in [5.74, 6) is 0.364. The van der Waals surface area contributed by atoms with E-state index in [9.17, 15) is 9.18 Å². The van der Waals surface area contributed by atoms with Crippen molar-refractivity contribution in [2.75, 3.05) is 29.1 Å². The zero-order valence-corrected chi connectivity index (χ0v) is 11.0. The van der Waals surface area contributed by atoms with Gasteiger partial charge in [-0.15, -0.1) is 0 Å². The van der Waals surface area contributed by atoms with Crippen LogP contribution in [0.5, 0.6) is 0 Å². The quantitative estimate of drug-likeness (QED) is 0.525. The summed E-state index contributed by atoms with van der Waals surface area (Å²) in [6.07, 6.45) is 0.894. The minimum absolute atomic E-state index is 0.0629. The molecule has 6 heteroatoms. The van der Waals surface area contributed by atoms with Crippen LogP contribution < -0.4 is 11.1 Å². The molecule has 0 saturated carbocycles. The molecule has 0 heterocycles. The van der Waals surface area contributed by atoms with E-state index in [2.05, 4.69) is 12.2 Å². The van der Waals surface area contributed by atoms with Gasteiger partial charge in [-0.2, -0.15) is 11.8 Å². The van der Waals surface area contributed by atoms with Crippen LogP contribution in [0.1, 0.15) is 23.7 Å². The minimum Gasteiger partial charge on any atom is -0.478 e. The Morgan fingerprint density at radius 1 is 1.56 bits per heavy atom. The Hall–Kier alpha value is -1.43. The molecule has 0 atom stereocenters. The maximum atomic E-state index is 13.5. The lowest BCUT2D eigenvalue weighted by Gasteiger charge is -2.10. The predicted octanol–water partition coefficient (Wildman–Crippen LogP) is 2.66. The van der Waals surface area contributed by atoms with Crippen LogP contribution in [-0.2, 0) is 0 Å². The van der Waals surface area contributed by atoms with E-state index >= 15 is 0 Å². The smallest absolute Gasteiger partial charge is 0.337 e. The fourth-order valence-electron chi connectivity index (χ4n) is 1.45. The molecular weight excluding hydrogens is 255 g/mol. The first kappa shape index (κ1) is 14.6. The monoisotopic (exact) mass is 272 g/mol. The number of nitrogen functional groups attached to an aromatic ring is 1. The molecule has 0 aromatic heterocycles. The number of thioether (sulfide) groups is 1. The number of hydrogen-bond acceptors (Lipinski definition) is 4. The number of hydrogen-bond donors (Lipinski definition) is 3.